The Labute approximate surface area is 92.3 Å². The molecule has 0 heterocycles. The average Bonchev–Trinajstić information content (AvgIpc) is 2.08. The zero-order chi connectivity index (χ0) is 10.2. The van der Waals surface area contributed by atoms with Gasteiger partial charge in [-0.2, -0.15) is 0 Å². The summed E-state index contributed by atoms with van der Waals surface area (Å²) in [4.78, 5) is 0. The van der Waals surface area contributed by atoms with E-state index in [-0.39, 0.29) is 5.41 Å². The van der Waals surface area contributed by atoms with E-state index >= 15 is 0 Å². The van der Waals surface area contributed by atoms with E-state index in [4.69, 9.17) is 5.73 Å². The molecule has 1 fully saturated rings. The highest BCUT2D eigenvalue weighted by molar-refractivity contribution is 9.10. The number of hydrogen-bond donors (Lipinski definition) is 2. The molecule has 0 radical (unpaired) electrons. The fourth-order valence-electron chi connectivity index (χ4n) is 2.20. The van der Waals surface area contributed by atoms with E-state index in [0.29, 0.717) is 12.3 Å². The van der Waals surface area contributed by atoms with Gasteiger partial charge >= 0.3 is 0 Å². The molecule has 0 aromatic heterocycles. The summed E-state index contributed by atoms with van der Waals surface area (Å²) >= 11 is 3.48. The molecular formula is C11H14BrNO. The van der Waals surface area contributed by atoms with Gasteiger partial charge in [-0.1, -0.05) is 28.4 Å². The van der Waals surface area contributed by atoms with Gasteiger partial charge < -0.3 is 10.8 Å². The minimum atomic E-state index is 0.0180. The Kier molecular flexibility index (Phi) is 2.54. The van der Waals surface area contributed by atoms with Crippen LogP contribution in [0, 0.1) is 0 Å². The maximum Gasteiger partial charge on any atom is 0.120 e. The zero-order valence-electron chi connectivity index (χ0n) is 7.96. The number of hydrogen-bond acceptors (Lipinski definition) is 2. The highest BCUT2D eigenvalue weighted by Gasteiger charge is 2.40. The molecule has 0 saturated heterocycles. The third-order valence-electron chi connectivity index (χ3n) is 3.22. The predicted octanol–water partition coefficient (Wildman–Crippen LogP) is 2.54. The molecular weight excluding hydrogens is 242 g/mol. The predicted molar refractivity (Wildman–Crippen MR) is 60.4 cm³/mol. The molecule has 14 heavy (non-hydrogen) atoms. The zero-order valence-corrected chi connectivity index (χ0v) is 9.55. The van der Waals surface area contributed by atoms with Gasteiger partial charge in [0.1, 0.15) is 5.75 Å². The third-order valence-corrected chi connectivity index (χ3v) is 3.88. The van der Waals surface area contributed by atoms with Crippen LogP contribution < -0.4 is 5.73 Å². The molecule has 76 valence electrons. The first-order valence-corrected chi connectivity index (χ1v) is 5.67. The second-order valence-corrected chi connectivity index (χ2v) is 4.83. The van der Waals surface area contributed by atoms with Gasteiger partial charge in [0.15, 0.2) is 0 Å². The second kappa shape index (κ2) is 3.55. The summed E-state index contributed by atoms with van der Waals surface area (Å²) < 4.78 is 0.975. The van der Waals surface area contributed by atoms with E-state index in [2.05, 4.69) is 15.9 Å². The van der Waals surface area contributed by atoms with Crippen molar-refractivity contribution in [3.05, 3.63) is 28.2 Å². The van der Waals surface area contributed by atoms with Gasteiger partial charge in [0.2, 0.25) is 0 Å². The first-order chi connectivity index (χ1) is 6.69. The van der Waals surface area contributed by atoms with E-state index in [9.17, 15) is 5.11 Å². The normalized spacial score (nSPS) is 19.0. The SMILES string of the molecule is NCC1(c2c(O)cccc2Br)CCC1. The van der Waals surface area contributed by atoms with Gasteiger partial charge in [0.25, 0.3) is 0 Å². The minimum absolute atomic E-state index is 0.0180. The summed E-state index contributed by atoms with van der Waals surface area (Å²) in [5.41, 5.74) is 6.82. The van der Waals surface area contributed by atoms with Crippen molar-refractivity contribution in [1.29, 1.82) is 0 Å². The van der Waals surface area contributed by atoms with Crippen LogP contribution in [0.25, 0.3) is 0 Å². The molecule has 2 rings (SSSR count). The van der Waals surface area contributed by atoms with Crippen molar-refractivity contribution in [2.45, 2.75) is 24.7 Å². The molecule has 1 saturated carbocycles. The molecule has 0 bridgehead atoms. The van der Waals surface area contributed by atoms with Crippen LogP contribution in [0.2, 0.25) is 0 Å². The number of rotatable bonds is 2. The largest absolute Gasteiger partial charge is 0.508 e. The van der Waals surface area contributed by atoms with Crippen LogP contribution in [-0.2, 0) is 5.41 Å². The van der Waals surface area contributed by atoms with Gasteiger partial charge in [-0.25, -0.2) is 0 Å². The smallest absolute Gasteiger partial charge is 0.120 e. The van der Waals surface area contributed by atoms with Crippen molar-refractivity contribution in [3.8, 4) is 5.75 Å². The maximum atomic E-state index is 9.84. The van der Waals surface area contributed by atoms with Crippen LogP contribution in [0.4, 0.5) is 0 Å². The lowest BCUT2D eigenvalue weighted by Gasteiger charge is -2.42. The minimum Gasteiger partial charge on any atom is -0.508 e. The summed E-state index contributed by atoms with van der Waals surface area (Å²) in [7, 11) is 0. The second-order valence-electron chi connectivity index (χ2n) is 3.97. The molecule has 1 aliphatic rings. The Morgan fingerprint density at radius 1 is 1.43 bits per heavy atom. The molecule has 1 aromatic rings. The molecule has 0 amide bonds. The summed E-state index contributed by atoms with van der Waals surface area (Å²) in [6.07, 6.45) is 3.37. The van der Waals surface area contributed by atoms with Crippen LogP contribution in [0.1, 0.15) is 24.8 Å². The van der Waals surface area contributed by atoms with Crippen molar-refractivity contribution in [2.24, 2.45) is 5.73 Å². The fourth-order valence-corrected chi connectivity index (χ4v) is 2.97. The first kappa shape index (κ1) is 9.99. The van der Waals surface area contributed by atoms with Crippen LogP contribution in [0.5, 0.6) is 5.75 Å². The van der Waals surface area contributed by atoms with E-state index < -0.39 is 0 Å². The first-order valence-electron chi connectivity index (χ1n) is 4.88. The number of phenols is 1. The van der Waals surface area contributed by atoms with Gasteiger partial charge in [0.05, 0.1) is 0 Å². The lowest BCUT2D eigenvalue weighted by molar-refractivity contribution is 0.244. The molecule has 0 spiro atoms. The van der Waals surface area contributed by atoms with Gasteiger partial charge in [-0.15, -0.1) is 0 Å². The quantitative estimate of drug-likeness (QED) is 0.854. The number of aromatic hydroxyl groups is 1. The Balaban J connectivity index is 2.49. The molecule has 1 aliphatic carbocycles. The summed E-state index contributed by atoms with van der Waals surface area (Å²) in [6.45, 7) is 0.614. The van der Waals surface area contributed by atoms with Gasteiger partial charge in [0, 0.05) is 22.0 Å². The van der Waals surface area contributed by atoms with Crippen LogP contribution in [0.15, 0.2) is 22.7 Å². The highest BCUT2D eigenvalue weighted by Crippen LogP contribution is 2.48. The number of phenolic OH excluding ortho intramolecular Hbond substituents is 1. The van der Waals surface area contributed by atoms with E-state index in [1.165, 1.54) is 6.42 Å². The average molecular weight is 256 g/mol. The van der Waals surface area contributed by atoms with Crippen LogP contribution in [-0.4, -0.2) is 11.7 Å². The lowest BCUT2D eigenvalue weighted by atomic mass is 9.64. The van der Waals surface area contributed by atoms with E-state index in [1.54, 1.807) is 6.07 Å². The molecule has 1 aromatic carbocycles. The van der Waals surface area contributed by atoms with Crippen molar-refractivity contribution < 1.29 is 5.11 Å². The number of benzene rings is 1. The molecule has 3 N–H and O–H groups in total. The van der Waals surface area contributed by atoms with E-state index in [1.807, 2.05) is 12.1 Å². The third kappa shape index (κ3) is 1.35. The van der Waals surface area contributed by atoms with E-state index in [0.717, 1.165) is 22.9 Å². The van der Waals surface area contributed by atoms with Crippen LogP contribution >= 0.6 is 15.9 Å². The van der Waals surface area contributed by atoms with Gasteiger partial charge in [-0.05, 0) is 25.0 Å². The number of halogens is 1. The molecule has 3 heteroatoms. The molecule has 0 atom stereocenters. The van der Waals surface area contributed by atoms with Crippen molar-refractivity contribution in [2.75, 3.05) is 6.54 Å². The number of nitrogens with two attached hydrogens (primary N) is 1. The molecule has 2 nitrogen and oxygen atoms in total. The standard InChI is InChI=1S/C11H14BrNO/c12-8-3-1-4-9(14)10(8)11(7-13)5-2-6-11/h1,3-4,14H,2,5-7,13H2. The molecule has 0 aliphatic heterocycles. The topological polar surface area (TPSA) is 46.2 Å². The van der Waals surface area contributed by atoms with Crippen molar-refractivity contribution >= 4 is 15.9 Å². The highest BCUT2D eigenvalue weighted by atomic mass is 79.9. The molecule has 0 unspecified atom stereocenters. The van der Waals surface area contributed by atoms with Crippen molar-refractivity contribution in [3.63, 3.8) is 0 Å². The summed E-state index contributed by atoms with van der Waals surface area (Å²) in [5, 5.41) is 9.84. The Hall–Kier alpha value is -0.540. The fraction of sp³-hybridized carbons (Fsp3) is 0.455. The maximum absolute atomic E-state index is 9.84. The van der Waals surface area contributed by atoms with Crippen molar-refractivity contribution in [1.82, 2.24) is 0 Å². The lowest BCUT2D eigenvalue weighted by Crippen LogP contribution is -2.41. The monoisotopic (exact) mass is 255 g/mol. The Bertz CT molecular complexity index is 321. The Morgan fingerprint density at radius 2 is 2.14 bits per heavy atom. The summed E-state index contributed by atoms with van der Waals surface area (Å²) in [5.74, 6) is 0.365. The van der Waals surface area contributed by atoms with Crippen LogP contribution in [0.3, 0.4) is 0 Å². The summed E-state index contributed by atoms with van der Waals surface area (Å²) in [6, 6.07) is 5.53. The Morgan fingerprint density at radius 3 is 2.57 bits per heavy atom. The van der Waals surface area contributed by atoms with Gasteiger partial charge in [-0.3, -0.25) is 0 Å².